The van der Waals surface area contributed by atoms with Gasteiger partial charge in [-0.05, 0) is 37.9 Å². The summed E-state index contributed by atoms with van der Waals surface area (Å²) in [5.41, 5.74) is 6.01. The number of rotatable bonds is 2. The number of benzene rings is 1. The Balaban J connectivity index is 2.35. The van der Waals surface area contributed by atoms with Gasteiger partial charge < -0.3 is 11.1 Å². The first-order valence-electron chi connectivity index (χ1n) is 5.26. The van der Waals surface area contributed by atoms with Crippen molar-refractivity contribution in [1.29, 1.82) is 0 Å². The molecule has 4 nitrogen and oxygen atoms in total. The number of nitrogen functional groups attached to an aromatic ring is 1. The van der Waals surface area contributed by atoms with E-state index in [9.17, 15) is 8.42 Å². The first kappa shape index (κ1) is 11.4. The van der Waals surface area contributed by atoms with Crippen LogP contribution >= 0.6 is 0 Å². The van der Waals surface area contributed by atoms with Crippen molar-refractivity contribution in [3.05, 3.63) is 30.7 Å². The number of para-hydroxylation sites is 1. The van der Waals surface area contributed by atoms with E-state index in [0.29, 0.717) is 18.7 Å². The third-order valence-corrected chi connectivity index (χ3v) is 4.79. The second kappa shape index (κ2) is 4.43. The van der Waals surface area contributed by atoms with E-state index in [0.717, 1.165) is 6.42 Å². The van der Waals surface area contributed by atoms with Gasteiger partial charge in [-0.3, -0.25) is 0 Å². The molecule has 1 fully saturated rings. The molecule has 1 saturated heterocycles. The molecule has 0 aromatic heterocycles. The van der Waals surface area contributed by atoms with Crippen LogP contribution in [0.5, 0.6) is 0 Å². The lowest BCUT2D eigenvalue weighted by molar-refractivity contribution is 0.513. The molecule has 0 saturated carbocycles. The number of hydrogen-bond donors (Lipinski definition) is 2. The van der Waals surface area contributed by atoms with Crippen LogP contribution in [-0.4, -0.2) is 20.3 Å². The molecule has 2 rings (SSSR count). The van der Waals surface area contributed by atoms with Gasteiger partial charge in [-0.2, -0.15) is 0 Å². The van der Waals surface area contributed by atoms with Crippen LogP contribution in [0.4, 0.5) is 5.69 Å². The van der Waals surface area contributed by atoms with Crippen LogP contribution in [0.25, 0.3) is 0 Å². The lowest BCUT2D eigenvalue weighted by Crippen LogP contribution is -2.40. The van der Waals surface area contributed by atoms with Gasteiger partial charge in [-0.15, -0.1) is 0 Å². The smallest absolute Gasteiger partial charge is 0.196 e. The summed E-state index contributed by atoms with van der Waals surface area (Å²) in [5.74, 6) is 0. The Morgan fingerprint density at radius 2 is 2.06 bits per heavy atom. The van der Waals surface area contributed by atoms with Gasteiger partial charge in [0, 0.05) is 0 Å². The standard InChI is InChI=1S/C11H15N2O2S/c12-9-5-1-2-6-10(9)16(14,15)11-7-3-4-8-13-11/h1-3,5-6,11,13H,4,7-8,12H2. The number of sulfone groups is 1. The Hall–Kier alpha value is -1.07. The van der Waals surface area contributed by atoms with Crippen molar-refractivity contribution in [2.24, 2.45) is 0 Å². The minimum Gasteiger partial charge on any atom is -0.398 e. The highest BCUT2D eigenvalue weighted by molar-refractivity contribution is 7.92. The van der Waals surface area contributed by atoms with Crippen LogP contribution in [0.15, 0.2) is 29.2 Å². The summed E-state index contributed by atoms with van der Waals surface area (Å²) in [6.45, 7) is 0.705. The van der Waals surface area contributed by atoms with E-state index in [1.807, 2.05) is 6.42 Å². The predicted molar refractivity (Wildman–Crippen MR) is 63.4 cm³/mol. The maximum atomic E-state index is 12.2. The molecule has 1 radical (unpaired) electrons. The highest BCUT2D eigenvalue weighted by Crippen LogP contribution is 2.24. The summed E-state index contributed by atoms with van der Waals surface area (Å²) >= 11 is 0. The summed E-state index contributed by atoms with van der Waals surface area (Å²) in [4.78, 5) is 0.225. The number of anilines is 1. The van der Waals surface area contributed by atoms with Crippen LogP contribution in [0.2, 0.25) is 0 Å². The summed E-state index contributed by atoms with van der Waals surface area (Å²) in [7, 11) is -3.36. The van der Waals surface area contributed by atoms with Crippen molar-refractivity contribution in [3.63, 3.8) is 0 Å². The lowest BCUT2D eigenvalue weighted by atomic mass is 10.2. The molecule has 0 bridgehead atoms. The van der Waals surface area contributed by atoms with Gasteiger partial charge in [0.1, 0.15) is 5.37 Å². The molecule has 5 heteroatoms. The Morgan fingerprint density at radius 1 is 1.31 bits per heavy atom. The lowest BCUT2D eigenvalue weighted by Gasteiger charge is -2.23. The molecule has 0 spiro atoms. The van der Waals surface area contributed by atoms with Crippen molar-refractivity contribution in [1.82, 2.24) is 5.32 Å². The van der Waals surface area contributed by atoms with Crippen molar-refractivity contribution in [2.45, 2.75) is 23.1 Å². The van der Waals surface area contributed by atoms with Crippen LogP contribution in [0, 0.1) is 6.42 Å². The third kappa shape index (κ3) is 2.05. The molecule has 0 amide bonds. The Kier molecular flexibility index (Phi) is 3.16. The van der Waals surface area contributed by atoms with Gasteiger partial charge in [0.05, 0.1) is 10.6 Å². The average Bonchev–Trinajstić information content (AvgIpc) is 2.30. The van der Waals surface area contributed by atoms with Crippen molar-refractivity contribution in [2.75, 3.05) is 12.3 Å². The van der Waals surface area contributed by atoms with E-state index in [1.165, 1.54) is 0 Å². The van der Waals surface area contributed by atoms with Gasteiger partial charge in [-0.25, -0.2) is 8.42 Å². The van der Waals surface area contributed by atoms with Gasteiger partial charge >= 0.3 is 0 Å². The first-order valence-corrected chi connectivity index (χ1v) is 6.80. The SMILES string of the molecule is Nc1ccccc1S(=O)(=O)C1C[CH]CCN1. The van der Waals surface area contributed by atoms with Gasteiger partial charge in [0.2, 0.25) is 0 Å². The van der Waals surface area contributed by atoms with Crippen LogP contribution in [0.1, 0.15) is 12.8 Å². The second-order valence-electron chi connectivity index (χ2n) is 3.84. The summed E-state index contributed by atoms with van der Waals surface area (Å²) in [6, 6.07) is 6.59. The normalized spacial score (nSPS) is 21.9. The zero-order chi connectivity index (χ0) is 11.6. The molecule has 1 unspecified atom stereocenters. The van der Waals surface area contributed by atoms with Crippen molar-refractivity contribution in [3.8, 4) is 0 Å². The van der Waals surface area contributed by atoms with Gasteiger partial charge in [0.15, 0.2) is 9.84 Å². The second-order valence-corrected chi connectivity index (χ2v) is 5.94. The highest BCUT2D eigenvalue weighted by atomic mass is 32.2. The van der Waals surface area contributed by atoms with E-state index >= 15 is 0 Å². The first-order chi connectivity index (χ1) is 7.62. The number of hydrogen-bond acceptors (Lipinski definition) is 4. The molecule has 87 valence electrons. The monoisotopic (exact) mass is 239 g/mol. The van der Waals surface area contributed by atoms with Gasteiger partial charge in [-0.1, -0.05) is 12.1 Å². The van der Waals surface area contributed by atoms with E-state index in [2.05, 4.69) is 5.32 Å². The topological polar surface area (TPSA) is 72.2 Å². The summed E-state index contributed by atoms with van der Waals surface area (Å²) in [5, 5.41) is 2.47. The Bertz CT molecular complexity index is 465. The quantitative estimate of drug-likeness (QED) is 0.754. The average molecular weight is 239 g/mol. The van der Waals surface area contributed by atoms with E-state index in [1.54, 1.807) is 24.3 Å². The molecule has 1 atom stereocenters. The number of nitrogens with one attached hydrogen (secondary N) is 1. The minimum absolute atomic E-state index is 0.225. The molecule has 1 aliphatic rings. The van der Waals surface area contributed by atoms with E-state index < -0.39 is 15.2 Å². The van der Waals surface area contributed by atoms with Crippen LogP contribution in [0.3, 0.4) is 0 Å². The van der Waals surface area contributed by atoms with Crippen molar-refractivity contribution < 1.29 is 8.42 Å². The van der Waals surface area contributed by atoms with Crippen molar-refractivity contribution >= 4 is 15.5 Å². The molecule has 0 aliphatic carbocycles. The van der Waals surface area contributed by atoms with Crippen LogP contribution < -0.4 is 11.1 Å². The molecular formula is C11H15N2O2S. The van der Waals surface area contributed by atoms with Gasteiger partial charge in [0.25, 0.3) is 0 Å². The number of nitrogens with two attached hydrogens (primary N) is 1. The largest absolute Gasteiger partial charge is 0.398 e. The molecular weight excluding hydrogens is 224 g/mol. The fraction of sp³-hybridized carbons (Fsp3) is 0.364. The Morgan fingerprint density at radius 3 is 2.69 bits per heavy atom. The van der Waals surface area contributed by atoms with E-state index in [-0.39, 0.29) is 4.90 Å². The number of piperidine rings is 1. The molecule has 16 heavy (non-hydrogen) atoms. The fourth-order valence-corrected chi connectivity index (χ4v) is 3.53. The summed E-state index contributed by atoms with van der Waals surface area (Å²) in [6.07, 6.45) is 3.45. The maximum Gasteiger partial charge on any atom is 0.196 e. The zero-order valence-electron chi connectivity index (χ0n) is 8.89. The Labute approximate surface area is 95.8 Å². The van der Waals surface area contributed by atoms with Crippen LogP contribution in [-0.2, 0) is 9.84 Å². The molecule has 1 aromatic rings. The fourth-order valence-electron chi connectivity index (χ4n) is 1.83. The molecule has 1 heterocycles. The highest BCUT2D eigenvalue weighted by Gasteiger charge is 2.29. The molecule has 1 aliphatic heterocycles. The predicted octanol–water partition coefficient (Wildman–Crippen LogP) is 0.956. The molecule has 3 N–H and O–H groups in total. The third-order valence-electron chi connectivity index (χ3n) is 2.70. The zero-order valence-corrected chi connectivity index (χ0v) is 9.70. The maximum absolute atomic E-state index is 12.2. The van der Waals surface area contributed by atoms with E-state index in [4.69, 9.17) is 5.73 Å². The molecule has 1 aromatic carbocycles. The summed E-state index contributed by atoms with van der Waals surface area (Å²) < 4.78 is 24.5. The minimum atomic E-state index is -3.36.